The highest BCUT2D eigenvalue weighted by atomic mass is 32.2. The highest BCUT2D eigenvalue weighted by Crippen LogP contribution is 2.65. The molecule has 2 N–H and O–H groups in total. The first kappa shape index (κ1) is 12.6. The summed E-state index contributed by atoms with van der Waals surface area (Å²) in [5, 5.41) is 20.6. The molecule has 0 aromatic carbocycles. The zero-order valence-electron chi connectivity index (χ0n) is 10.4. The molecule has 17 heavy (non-hydrogen) atoms. The van der Waals surface area contributed by atoms with Crippen LogP contribution in [0.25, 0.3) is 0 Å². The van der Waals surface area contributed by atoms with Gasteiger partial charge in [-0.3, -0.25) is 0 Å². The number of aliphatic hydroxyl groups is 2. The maximum atomic E-state index is 11.1. The molecule has 3 fully saturated rings. The molecule has 0 bridgehead atoms. The van der Waals surface area contributed by atoms with Crippen LogP contribution in [0.2, 0.25) is 0 Å². The van der Waals surface area contributed by atoms with Crippen molar-refractivity contribution < 1.29 is 10.2 Å². The molecule has 3 atom stereocenters. The Hall–Kier alpha value is 0.620. The van der Waals surface area contributed by atoms with Crippen molar-refractivity contribution in [2.75, 3.05) is 18.1 Å². The van der Waals surface area contributed by atoms with Crippen molar-refractivity contribution >= 4 is 23.5 Å². The molecule has 0 radical (unpaired) electrons. The van der Waals surface area contributed by atoms with Gasteiger partial charge in [0.15, 0.2) is 0 Å². The second-order valence-corrected chi connectivity index (χ2v) is 9.37. The minimum atomic E-state index is -0.525. The van der Waals surface area contributed by atoms with Crippen molar-refractivity contribution in [3.63, 3.8) is 0 Å². The van der Waals surface area contributed by atoms with Crippen LogP contribution in [0.4, 0.5) is 0 Å². The van der Waals surface area contributed by atoms with Gasteiger partial charge >= 0.3 is 0 Å². The van der Waals surface area contributed by atoms with E-state index in [1.807, 2.05) is 0 Å². The lowest BCUT2D eigenvalue weighted by Crippen LogP contribution is -2.53. The lowest BCUT2D eigenvalue weighted by molar-refractivity contribution is -0.105. The van der Waals surface area contributed by atoms with Crippen LogP contribution in [0.3, 0.4) is 0 Å². The van der Waals surface area contributed by atoms with E-state index >= 15 is 0 Å². The van der Waals surface area contributed by atoms with Crippen LogP contribution in [-0.2, 0) is 0 Å². The van der Waals surface area contributed by atoms with Crippen LogP contribution in [0.1, 0.15) is 39.0 Å². The van der Waals surface area contributed by atoms with Crippen molar-refractivity contribution in [3.8, 4) is 0 Å². The van der Waals surface area contributed by atoms with E-state index in [9.17, 15) is 10.2 Å². The molecule has 2 nitrogen and oxygen atoms in total. The molecule has 1 heterocycles. The summed E-state index contributed by atoms with van der Waals surface area (Å²) in [6, 6.07) is 0. The van der Waals surface area contributed by atoms with Crippen LogP contribution in [0.5, 0.6) is 0 Å². The van der Waals surface area contributed by atoms with Crippen molar-refractivity contribution in [2.45, 2.75) is 48.7 Å². The van der Waals surface area contributed by atoms with Gasteiger partial charge in [0.25, 0.3) is 0 Å². The molecule has 1 saturated heterocycles. The van der Waals surface area contributed by atoms with Gasteiger partial charge in [-0.25, -0.2) is 0 Å². The van der Waals surface area contributed by atoms with Gasteiger partial charge in [0.05, 0.1) is 9.68 Å². The molecule has 0 amide bonds. The first-order chi connectivity index (χ1) is 8.04. The van der Waals surface area contributed by atoms with E-state index in [1.165, 1.54) is 17.9 Å². The Kier molecular flexibility index (Phi) is 3.02. The fourth-order valence-corrected chi connectivity index (χ4v) is 7.56. The van der Waals surface area contributed by atoms with Crippen LogP contribution in [-0.4, -0.2) is 38.0 Å². The second-order valence-electron chi connectivity index (χ2n) is 6.15. The summed E-state index contributed by atoms with van der Waals surface area (Å²) in [4.78, 5) is 0. The quantitative estimate of drug-likeness (QED) is 0.771. The van der Waals surface area contributed by atoms with E-state index in [0.29, 0.717) is 10.00 Å². The predicted octanol–water partition coefficient (Wildman–Crippen LogP) is 2.49. The van der Waals surface area contributed by atoms with Gasteiger partial charge < -0.3 is 10.2 Å². The highest BCUT2D eigenvalue weighted by Gasteiger charge is 2.62. The van der Waals surface area contributed by atoms with Crippen molar-refractivity contribution in [3.05, 3.63) is 0 Å². The molecular weight excluding hydrogens is 252 g/mol. The van der Waals surface area contributed by atoms with Gasteiger partial charge in [-0.2, -0.15) is 0 Å². The molecule has 1 aliphatic heterocycles. The Balaban J connectivity index is 1.87. The number of hydrogen-bond acceptors (Lipinski definition) is 4. The van der Waals surface area contributed by atoms with E-state index in [0.717, 1.165) is 25.7 Å². The second kappa shape index (κ2) is 4.06. The molecule has 0 aromatic heterocycles. The molecule has 98 valence electrons. The van der Waals surface area contributed by atoms with E-state index in [-0.39, 0.29) is 12.0 Å². The summed E-state index contributed by atoms with van der Waals surface area (Å²) in [5.74, 6) is 2.78. The minimum absolute atomic E-state index is 0.0449. The van der Waals surface area contributed by atoms with Crippen molar-refractivity contribution in [1.29, 1.82) is 0 Å². The molecule has 0 aromatic rings. The van der Waals surface area contributed by atoms with Crippen LogP contribution >= 0.6 is 23.5 Å². The lowest BCUT2D eigenvalue weighted by Gasteiger charge is -2.52. The molecule has 3 rings (SSSR count). The molecule has 4 heteroatoms. The summed E-state index contributed by atoms with van der Waals surface area (Å²) in [5.41, 5.74) is -0.570. The summed E-state index contributed by atoms with van der Waals surface area (Å²) in [6.07, 6.45) is 5.10. The normalized spacial score (nSPS) is 48.5. The maximum absolute atomic E-state index is 11.1. The Morgan fingerprint density at radius 3 is 2.53 bits per heavy atom. The molecule has 3 aliphatic rings. The first-order valence-corrected chi connectivity index (χ1v) is 8.62. The minimum Gasteiger partial charge on any atom is -0.396 e. The van der Waals surface area contributed by atoms with Gasteiger partial charge in [0.2, 0.25) is 0 Å². The van der Waals surface area contributed by atoms with E-state index in [4.69, 9.17) is 0 Å². The Bertz CT molecular complexity index is 317. The zero-order valence-corrected chi connectivity index (χ0v) is 12.1. The fourth-order valence-electron chi connectivity index (χ4n) is 4.14. The maximum Gasteiger partial charge on any atom is 0.0726 e. The Morgan fingerprint density at radius 1 is 1.18 bits per heavy atom. The van der Waals surface area contributed by atoms with Gasteiger partial charge in [0, 0.05) is 29.9 Å². The number of thioether (sulfide) groups is 2. The molecule has 2 aliphatic carbocycles. The number of hydrogen-bond donors (Lipinski definition) is 2. The van der Waals surface area contributed by atoms with E-state index in [1.54, 1.807) is 0 Å². The third kappa shape index (κ3) is 1.71. The standard InChI is InChI=1S/C13H22O2S2/c1-11-4-5-13(16-6-7-17-13)9-12(11,15)3-2-10(11)8-14/h10,14-15H,2-9H2,1H3/t10-,11-,12+/m1/s1. The van der Waals surface area contributed by atoms with Gasteiger partial charge in [-0.15, -0.1) is 23.5 Å². The third-order valence-corrected chi connectivity index (χ3v) is 9.02. The Morgan fingerprint density at radius 2 is 1.88 bits per heavy atom. The SMILES string of the molecule is C[C@]12CCC3(C[C@@]1(O)CC[C@@H]2CO)SCCS3. The fraction of sp³-hybridized carbons (Fsp3) is 1.00. The average Bonchev–Trinajstić information content (AvgIpc) is 2.83. The zero-order chi connectivity index (χ0) is 12.1. The molecular formula is C13H22O2S2. The largest absolute Gasteiger partial charge is 0.396 e. The first-order valence-electron chi connectivity index (χ1n) is 6.65. The molecule has 1 spiro atoms. The summed E-state index contributed by atoms with van der Waals surface area (Å²) in [7, 11) is 0. The number of aliphatic hydroxyl groups excluding tert-OH is 1. The average molecular weight is 274 g/mol. The summed E-state index contributed by atoms with van der Waals surface area (Å²) in [6.45, 7) is 2.45. The smallest absolute Gasteiger partial charge is 0.0726 e. The van der Waals surface area contributed by atoms with Gasteiger partial charge in [0.1, 0.15) is 0 Å². The predicted molar refractivity (Wildman–Crippen MR) is 74.4 cm³/mol. The van der Waals surface area contributed by atoms with E-state index in [2.05, 4.69) is 30.4 Å². The highest BCUT2D eigenvalue weighted by molar-refractivity contribution is 8.21. The molecule has 2 saturated carbocycles. The summed E-state index contributed by atoms with van der Waals surface area (Å²) >= 11 is 4.12. The molecule has 0 unspecified atom stereocenters. The van der Waals surface area contributed by atoms with Crippen LogP contribution in [0, 0.1) is 11.3 Å². The van der Waals surface area contributed by atoms with Crippen molar-refractivity contribution in [1.82, 2.24) is 0 Å². The number of fused-ring (bicyclic) bond motifs is 1. The summed E-state index contributed by atoms with van der Waals surface area (Å²) < 4.78 is 0.290. The van der Waals surface area contributed by atoms with E-state index < -0.39 is 5.60 Å². The third-order valence-electron chi connectivity index (χ3n) is 5.49. The van der Waals surface area contributed by atoms with Crippen LogP contribution < -0.4 is 0 Å². The topological polar surface area (TPSA) is 40.5 Å². The van der Waals surface area contributed by atoms with Gasteiger partial charge in [-0.05, 0) is 31.6 Å². The van der Waals surface area contributed by atoms with Crippen LogP contribution in [0.15, 0.2) is 0 Å². The lowest BCUT2D eigenvalue weighted by atomic mass is 9.62. The van der Waals surface area contributed by atoms with Crippen molar-refractivity contribution in [2.24, 2.45) is 11.3 Å². The van der Waals surface area contributed by atoms with Gasteiger partial charge in [-0.1, -0.05) is 6.92 Å². The monoisotopic (exact) mass is 274 g/mol. The Labute approximate surface area is 112 Å². The number of rotatable bonds is 1.